The molecule has 0 aliphatic heterocycles. The number of benzene rings is 1. The van der Waals surface area contributed by atoms with Crippen LogP contribution in [0, 0.1) is 0 Å². The molecule has 4 heteroatoms. The maximum Gasteiger partial charge on any atom is 0.0649 e. The van der Waals surface area contributed by atoms with E-state index in [9.17, 15) is 0 Å². The van der Waals surface area contributed by atoms with Crippen LogP contribution >= 0.6 is 11.8 Å². The molecule has 0 bridgehead atoms. The second kappa shape index (κ2) is 7.36. The van der Waals surface area contributed by atoms with Crippen molar-refractivity contribution in [1.82, 2.24) is 15.1 Å². The number of aromatic nitrogens is 2. The van der Waals surface area contributed by atoms with Crippen molar-refractivity contribution in [2.45, 2.75) is 19.4 Å². The summed E-state index contributed by atoms with van der Waals surface area (Å²) >= 11 is 1.98. The minimum absolute atomic E-state index is 0.333. The fourth-order valence-corrected chi connectivity index (χ4v) is 3.05. The highest BCUT2D eigenvalue weighted by atomic mass is 32.2. The van der Waals surface area contributed by atoms with E-state index in [1.165, 1.54) is 17.9 Å². The first-order chi connectivity index (χ1) is 9.36. The molecule has 0 saturated heterocycles. The van der Waals surface area contributed by atoms with Gasteiger partial charge in [-0.3, -0.25) is 0 Å². The quantitative estimate of drug-likeness (QED) is 0.787. The molecule has 0 aliphatic carbocycles. The van der Waals surface area contributed by atoms with E-state index < -0.39 is 0 Å². The molecule has 2 aromatic rings. The van der Waals surface area contributed by atoms with Gasteiger partial charge in [0.1, 0.15) is 0 Å². The second-order valence-corrected chi connectivity index (χ2v) is 5.57. The van der Waals surface area contributed by atoms with Crippen LogP contribution in [-0.4, -0.2) is 28.3 Å². The summed E-state index contributed by atoms with van der Waals surface area (Å²) in [7, 11) is 2.01. The molecule has 1 aromatic carbocycles. The Morgan fingerprint density at radius 1 is 1.26 bits per heavy atom. The molecule has 0 fully saturated rings. The Morgan fingerprint density at radius 2 is 2.05 bits per heavy atom. The first kappa shape index (κ1) is 14.2. The standard InChI is InChI=1S/C15H21N3S/c1-3-11-19-12-14(16-2)15-9-10-17-18(15)13-7-5-4-6-8-13/h4-10,14,16H,3,11-12H2,1-2H3. The summed E-state index contributed by atoms with van der Waals surface area (Å²) in [6, 6.07) is 12.7. The third-order valence-corrected chi connectivity index (χ3v) is 4.28. The summed E-state index contributed by atoms with van der Waals surface area (Å²) in [4.78, 5) is 0. The minimum atomic E-state index is 0.333. The molecule has 1 atom stereocenters. The molecule has 1 N–H and O–H groups in total. The van der Waals surface area contributed by atoms with Crippen molar-refractivity contribution in [2.75, 3.05) is 18.6 Å². The van der Waals surface area contributed by atoms with Crippen molar-refractivity contribution in [2.24, 2.45) is 0 Å². The molecule has 19 heavy (non-hydrogen) atoms. The van der Waals surface area contributed by atoms with Gasteiger partial charge in [0.25, 0.3) is 0 Å². The van der Waals surface area contributed by atoms with E-state index >= 15 is 0 Å². The molecule has 0 saturated carbocycles. The maximum atomic E-state index is 4.45. The Bertz CT molecular complexity index is 481. The number of thioether (sulfide) groups is 1. The lowest BCUT2D eigenvalue weighted by Crippen LogP contribution is -2.22. The minimum Gasteiger partial charge on any atom is -0.311 e. The average molecular weight is 275 g/mol. The number of hydrogen-bond donors (Lipinski definition) is 1. The van der Waals surface area contributed by atoms with Crippen LogP contribution in [0.15, 0.2) is 42.6 Å². The van der Waals surface area contributed by atoms with Gasteiger partial charge < -0.3 is 5.32 Å². The van der Waals surface area contributed by atoms with Gasteiger partial charge in [-0.25, -0.2) is 4.68 Å². The number of nitrogens with one attached hydrogen (secondary N) is 1. The van der Waals surface area contributed by atoms with Crippen LogP contribution in [0.1, 0.15) is 25.1 Å². The van der Waals surface area contributed by atoms with E-state index in [-0.39, 0.29) is 0 Å². The van der Waals surface area contributed by atoms with Crippen LogP contribution in [0.3, 0.4) is 0 Å². The molecule has 0 aliphatic rings. The van der Waals surface area contributed by atoms with Crippen molar-refractivity contribution in [1.29, 1.82) is 0 Å². The Morgan fingerprint density at radius 3 is 2.74 bits per heavy atom. The SMILES string of the molecule is CCCSCC(NC)c1ccnn1-c1ccccc1. The molecule has 1 unspecified atom stereocenters. The monoisotopic (exact) mass is 275 g/mol. The first-order valence-electron chi connectivity index (χ1n) is 6.71. The van der Waals surface area contributed by atoms with Crippen LogP contribution in [0.2, 0.25) is 0 Å². The van der Waals surface area contributed by atoms with Crippen LogP contribution in [-0.2, 0) is 0 Å². The zero-order valence-electron chi connectivity index (χ0n) is 11.5. The lowest BCUT2D eigenvalue weighted by atomic mass is 10.2. The second-order valence-electron chi connectivity index (χ2n) is 4.42. The first-order valence-corrected chi connectivity index (χ1v) is 7.86. The van der Waals surface area contributed by atoms with E-state index in [2.05, 4.69) is 35.5 Å². The van der Waals surface area contributed by atoms with Gasteiger partial charge in [-0.05, 0) is 37.4 Å². The summed E-state index contributed by atoms with van der Waals surface area (Å²) in [5.41, 5.74) is 2.33. The van der Waals surface area contributed by atoms with Gasteiger partial charge in [0.05, 0.1) is 17.4 Å². The predicted octanol–water partition coefficient (Wildman–Crippen LogP) is 3.28. The van der Waals surface area contributed by atoms with Crippen LogP contribution in [0.5, 0.6) is 0 Å². The van der Waals surface area contributed by atoms with Crippen LogP contribution < -0.4 is 5.32 Å². The van der Waals surface area contributed by atoms with Crippen molar-refractivity contribution in [3.8, 4) is 5.69 Å². The van der Waals surface area contributed by atoms with Gasteiger partial charge in [0.2, 0.25) is 0 Å². The lowest BCUT2D eigenvalue weighted by molar-refractivity contribution is 0.613. The highest BCUT2D eigenvalue weighted by Crippen LogP contribution is 2.21. The Labute approximate surface area is 119 Å². The fraction of sp³-hybridized carbons (Fsp3) is 0.400. The Hall–Kier alpha value is -1.26. The largest absolute Gasteiger partial charge is 0.311 e. The molecule has 2 rings (SSSR count). The molecular weight excluding hydrogens is 254 g/mol. The Kier molecular flexibility index (Phi) is 5.48. The van der Waals surface area contributed by atoms with E-state index in [0.717, 1.165) is 11.4 Å². The van der Waals surface area contributed by atoms with Gasteiger partial charge >= 0.3 is 0 Å². The molecule has 3 nitrogen and oxygen atoms in total. The van der Waals surface area contributed by atoms with Gasteiger partial charge in [0.15, 0.2) is 0 Å². The third-order valence-electron chi connectivity index (χ3n) is 3.01. The van der Waals surface area contributed by atoms with Crippen LogP contribution in [0.25, 0.3) is 5.69 Å². The van der Waals surface area contributed by atoms with Crippen molar-refractivity contribution >= 4 is 11.8 Å². The summed E-state index contributed by atoms with van der Waals surface area (Å²) in [6.07, 6.45) is 3.09. The van der Waals surface area contributed by atoms with Crippen molar-refractivity contribution in [3.05, 3.63) is 48.3 Å². The highest BCUT2D eigenvalue weighted by Gasteiger charge is 2.15. The smallest absolute Gasteiger partial charge is 0.0649 e. The van der Waals surface area contributed by atoms with Gasteiger partial charge in [-0.1, -0.05) is 25.1 Å². The number of rotatable bonds is 7. The van der Waals surface area contributed by atoms with E-state index in [1.54, 1.807) is 0 Å². The molecular formula is C15H21N3S. The zero-order valence-corrected chi connectivity index (χ0v) is 12.4. The number of hydrogen-bond acceptors (Lipinski definition) is 3. The Balaban J connectivity index is 2.18. The fourth-order valence-electron chi connectivity index (χ4n) is 2.02. The molecule has 0 radical (unpaired) electrons. The van der Waals surface area contributed by atoms with E-state index in [1.807, 2.05) is 47.9 Å². The number of nitrogens with zero attached hydrogens (tertiary/aromatic N) is 2. The summed E-state index contributed by atoms with van der Waals surface area (Å²) in [6.45, 7) is 2.22. The van der Waals surface area contributed by atoms with Crippen molar-refractivity contribution < 1.29 is 0 Å². The number of para-hydroxylation sites is 1. The highest BCUT2D eigenvalue weighted by molar-refractivity contribution is 7.99. The summed E-state index contributed by atoms with van der Waals surface area (Å²) in [5, 5.41) is 7.84. The molecule has 0 amide bonds. The van der Waals surface area contributed by atoms with Crippen molar-refractivity contribution in [3.63, 3.8) is 0 Å². The lowest BCUT2D eigenvalue weighted by Gasteiger charge is -2.17. The molecule has 102 valence electrons. The van der Waals surface area contributed by atoms with Gasteiger partial charge in [-0.2, -0.15) is 16.9 Å². The zero-order chi connectivity index (χ0) is 13.5. The third kappa shape index (κ3) is 3.61. The van der Waals surface area contributed by atoms with Crippen LogP contribution in [0.4, 0.5) is 0 Å². The summed E-state index contributed by atoms with van der Waals surface area (Å²) in [5.74, 6) is 2.28. The predicted molar refractivity (Wildman–Crippen MR) is 83.0 cm³/mol. The molecule has 1 heterocycles. The maximum absolute atomic E-state index is 4.45. The molecule has 0 spiro atoms. The van der Waals surface area contributed by atoms with E-state index in [4.69, 9.17) is 0 Å². The van der Waals surface area contributed by atoms with Gasteiger partial charge in [-0.15, -0.1) is 0 Å². The topological polar surface area (TPSA) is 29.9 Å². The normalized spacial score (nSPS) is 12.5. The van der Waals surface area contributed by atoms with Gasteiger partial charge in [0, 0.05) is 11.9 Å². The average Bonchev–Trinajstić information content (AvgIpc) is 2.94. The van der Waals surface area contributed by atoms with E-state index in [0.29, 0.717) is 6.04 Å². The molecule has 1 aromatic heterocycles. The summed E-state index contributed by atoms with van der Waals surface area (Å²) < 4.78 is 2.02.